The highest BCUT2D eigenvalue weighted by atomic mass is 35.5. The predicted molar refractivity (Wildman–Crippen MR) is 134 cm³/mol. The smallest absolute Gasteiger partial charge is 0.332 e. The lowest BCUT2D eigenvalue weighted by Gasteiger charge is -2.36. The molecule has 0 bridgehead atoms. The van der Waals surface area contributed by atoms with Crippen molar-refractivity contribution in [2.75, 3.05) is 49.5 Å². The van der Waals surface area contributed by atoms with E-state index in [4.69, 9.17) is 11.6 Å². The van der Waals surface area contributed by atoms with Crippen molar-refractivity contribution in [2.24, 2.45) is 14.1 Å². The van der Waals surface area contributed by atoms with E-state index >= 15 is 0 Å². The van der Waals surface area contributed by atoms with Crippen LogP contribution in [0.25, 0.3) is 16.9 Å². The van der Waals surface area contributed by atoms with E-state index < -0.39 is 5.69 Å². The molecular weight excluding hydrogens is 456 g/mol. The molecule has 0 amide bonds. The Morgan fingerprint density at radius 1 is 1.03 bits per heavy atom. The molecule has 0 unspecified atom stereocenters. The fourth-order valence-corrected chi connectivity index (χ4v) is 4.62. The number of halogens is 1. The first-order chi connectivity index (χ1) is 16.4. The highest BCUT2D eigenvalue weighted by molar-refractivity contribution is 6.30. The zero-order valence-corrected chi connectivity index (χ0v) is 20.0. The van der Waals surface area contributed by atoms with Crippen molar-refractivity contribution < 1.29 is 0 Å². The molecule has 10 nitrogen and oxygen atoms in total. The van der Waals surface area contributed by atoms with E-state index in [0.29, 0.717) is 22.8 Å². The second-order valence-electron chi connectivity index (χ2n) is 8.56. The standard InChI is InChI=1S/C23H27ClN8O2/c1-28-20-19(21(33)29(2)23(28)34)32-10-7-18(26-22(32)27-20)25-8-4-9-30-11-13-31(14-12-30)17-6-3-5-16(24)15-17/h3,5-7,10,15H,4,8-9,11-14H2,1-2H3,(H,25,26,27). The number of imidazole rings is 1. The number of nitrogens with one attached hydrogen (secondary N) is 1. The highest BCUT2D eigenvalue weighted by Gasteiger charge is 2.18. The molecule has 1 fully saturated rings. The Morgan fingerprint density at radius 2 is 1.82 bits per heavy atom. The first kappa shape index (κ1) is 22.4. The van der Waals surface area contributed by atoms with Crippen LogP contribution >= 0.6 is 11.6 Å². The number of hydrogen-bond donors (Lipinski definition) is 1. The van der Waals surface area contributed by atoms with Crippen LogP contribution in [0.3, 0.4) is 0 Å². The number of fused-ring (bicyclic) bond motifs is 3. The molecule has 34 heavy (non-hydrogen) atoms. The van der Waals surface area contributed by atoms with Crippen LogP contribution in [-0.4, -0.2) is 67.7 Å². The van der Waals surface area contributed by atoms with Crippen molar-refractivity contribution >= 4 is 40.0 Å². The molecule has 4 aromatic rings. The van der Waals surface area contributed by atoms with Crippen LogP contribution in [-0.2, 0) is 14.1 Å². The van der Waals surface area contributed by atoms with Gasteiger partial charge in [0.15, 0.2) is 11.2 Å². The molecule has 0 spiro atoms. The van der Waals surface area contributed by atoms with Crippen LogP contribution in [0.4, 0.5) is 11.5 Å². The normalized spacial score (nSPS) is 14.9. The third-order valence-corrected chi connectivity index (χ3v) is 6.61. The average Bonchev–Trinajstić information content (AvgIpc) is 3.23. The van der Waals surface area contributed by atoms with E-state index in [1.54, 1.807) is 17.6 Å². The largest absolute Gasteiger partial charge is 0.370 e. The van der Waals surface area contributed by atoms with Gasteiger partial charge in [0, 0.05) is 63.7 Å². The van der Waals surface area contributed by atoms with Gasteiger partial charge in [-0.05, 0) is 37.2 Å². The molecule has 0 saturated carbocycles. The number of nitrogens with zero attached hydrogens (tertiary/aromatic N) is 7. The first-order valence-corrected chi connectivity index (χ1v) is 11.7. The quantitative estimate of drug-likeness (QED) is 0.417. The van der Waals surface area contributed by atoms with E-state index in [1.807, 2.05) is 24.3 Å². The lowest BCUT2D eigenvalue weighted by molar-refractivity contribution is 0.257. The fourth-order valence-electron chi connectivity index (χ4n) is 4.43. The van der Waals surface area contributed by atoms with E-state index in [2.05, 4.69) is 31.2 Å². The molecule has 0 radical (unpaired) electrons. The van der Waals surface area contributed by atoms with Crippen molar-refractivity contribution in [1.29, 1.82) is 0 Å². The molecule has 5 rings (SSSR count). The van der Waals surface area contributed by atoms with Gasteiger partial charge in [-0.1, -0.05) is 17.7 Å². The maximum absolute atomic E-state index is 12.6. The number of benzene rings is 1. The van der Waals surface area contributed by atoms with Gasteiger partial charge in [-0.3, -0.25) is 23.2 Å². The molecular formula is C23H27ClN8O2. The van der Waals surface area contributed by atoms with Gasteiger partial charge < -0.3 is 10.2 Å². The van der Waals surface area contributed by atoms with Crippen molar-refractivity contribution in [2.45, 2.75) is 6.42 Å². The van der Waals surface area contributed by atoms with Crippen LogP contribution in [0.15, 0.2) is 46.1 Å². The van der Waals surface area contributed by atoms with Gasteiger partial charge in [-0.25, -0.2) is 4.79 Å². The number of hydrogen-bond acceptors (Lipinski definition) is 7. The van der Waals surface area contributed by atoms with E-state index in [1.165, 1.54) is 17.3 Å². The Balaban J connectivity index is 1.17. The Hall–Kier alpha value is -3.37. The van der Waals surface area contributed by atoms with Gasteiger partial charge in [-0.2, -0.15) is 9.97 Å². The Bertz CT molecular complexity index is 1470. The van der Waals surface area contributed by atoms with Gasteiger partial charge in [0.1, 0.15) is 5.82 Å². The molecule has 1 saturated heterocycles. The molecule has 0 atom stereocenters. The van der Waals surface area contributed by atoms with Crippen molar-refractivity contribution in [3.63, 3.8) is 0 Å². The maximum Gasteiger partial charge on any atom is 0.332 e. The van der Waals surface area contributed by atoms with Gasteiger partial charge in [-0.15, -0.1) is 0 Å². The van der Waals surface area contributed by atoms with Crippen LogP contribution in [0.2, 0.25) is 5.02 Å². The van der Waals surface area contributed by atoms with E-state index in [-0.39, 0.29) is 5.56 Å². The fraction of sp³-hybridized carbons (Fsp3) is 0.391. The lowest BCUT2D eigenvalue weighted by atomic mass is 10.2. The Morgan fingerprint density at radius 3 is 2.59 bits per heavy atom. The number of aromatic nitrogens is 5. The summed E-state index contributed by atoms with van der Waals surface area (Å²) in [6.07, 6.45) is 2.75. The first-order valence-electron chi connectivity index (χ1n) is 11.3. The second-order valence-corrected chi connectivity index (χ2v) is 9.00. The summed E-state index contributed by atoms with van der Waals surface area (Å²) in [5, 5.41) is 4.12. The summed E-state index contributed by atoms with van der Waals surface area (Å²) in [5.74, 6) is 1.07. The number of piperazine rings is 1. The van der Waals surface area contributed by atoms with Gasteiger partial charge in [0.25, 0.3) is 5.56 Å². The SMILES string of the molecule is Cn1c(=O)c2c(nc3nc(NCCCN4CCN(c5cccc(Cl)c5)CC4)ccn32)n(C)c1=O. The molecule has 1 aliphatic heterocycles. The molecule has 178 valence electrons. The number of anilines is 2. The summed E-state index contributed by atoms with van der Waals surface area (Å²) in [7, 11) is 3.06. The molecule has 3 aromatic heterocycles. The minimum absolute atomic E-state index is 0.328. The average molecular weight is 483 g/mol. The van der Waals surface area contributed by atoms with E-state index in [9.17, 15) is 9.59 Å². The molecule has 4 heterocycles. The summed E-state index contributed by atoms with van der Waals surface area (Å²) in [5.41, 5.74) is 1.06. The van der Waals surface area contributed by atoms with Crippen molar-refractivity contribution in [3.8, 4) is 0 Å². The van der Waals surface area contributed by atoms with Crippen molar-refractivity contribution in [3.05, 3.63) is 62.4 Å². The highest BCUT2D eigenvalue weighted by Crippen LogP contribution is 2.21. The predicted octanol–water partition coefficient (Wildman–Crippen LogP) is 1.56. The molecule has 1 aromatic carbocycles. The Labute approximate surface area is 201 Å². The van der Waals surface area contributed by atoms with Crippen molar-refractivity contribution in [1.82, 2.24) is 28.4 Å². The van der Waals surface area contributed by atoms with Crippen LogP contribution in [0.5, 0.6) is 0 Å². The van der Waals surface area contributed by atoms with Crippen LogP contribution in [0.1, 0.15) is 6.42 Å². The van der Waals surface area contributed by atoms with Crippen LogP contribution < -0.4 is 21.5 Å². The molecule has 0 aliphatic carbocycles. The van der Waals surface area contributed by atoms with Gasteiger partial charge >= 0.3 is 5.69 Å². The molecule has 11 heteroatoms. The second kappa shape index (κ2) is 9.11. The third-order valence-electron chi connectivity index (χ3n) is 6.38. The zero-order valence-electron chi connectivity index (χ0n) is 19.2. The van der Waals surface area contributed by atoms with Crippen LogP contribution in [0, 0.1) is 0 Å². The zero-order chi connectivity index (χ0) is 23.8. The monoisotopic (exact) mass is 482 g/mol. The lowest BCUT2D eigenvalue weighted by Crippen LogP contribution is -2.46. The summed E-state index contributed by atoms with van der Waals surface area (Å²) < 4.78 is 4.07. The molecule has 1 N–H and O–H groups in total. The van der Waals surface area contributed by atoms with Gasteiger partial charge in [0.2, 0.25) is 5.78 Å². The van der Waals surface area contributed by atoms with Gasteiger partial charge in [0.05, 0.1) is 0 Å². The topological polar surface area (TPSA) is 92.7 Å². The summed E-state index contributed by atoms with van der Waals surface area (Å²) in [6, 6.07) is 9.84. The number of rotatable bonds is 6. The third kappa shape index (κ3) is 4.14. The minimum Gasteiger partial charge on any atom is -0.370 e. The molecule has 1 aliphatic rings. The number of aryl methyl sites for hydroxylation is 1. The maximum atomic E-state index is 12.6. The van der Waals surface area contributed by atoms with E-state index in [0.717, 1.165) is 55.3 Å². The Kier molecular flexibility index (Phi) is 6.01. The minimum atomic E-state index is -0.410. The summed E-state index contributed by atoms with van der Waals surface area (Å²) in [4.78, 5) is 38.6. The summed E-state index contributed by atoms with van der Waals surface area (Å²) >= 11 is 6.12. The summed E-state index contributed by atoms with van der Waals surface area (Å²) in [6.45, 7) is 5.79.